The fourth-order valence-electron chi connectivity index (χ4n) is 3.78. The minimum Gasteiger partial charge on any atom is -0.364 e. The lowest BCUT2D eigenvalue weighted by atomic mass is 10.0. The summed E-state index contributed by atoms with van der Waals surface area (Å²) in [5, 5.41) is 0. The number of aromatic nitrogens is 2. The van der Waals surface area contributed by atoms with Gasteiger partial charge in [-0.25, -0.2) is 4.98 Å². The van der Waals surface area contributed by atoms with Crippen LogP contribution in [-0.4, -0.2) is 33.4 Å². The van der Waals surface area contributed by atoms with E-state index < -0.39 is 5.91 Å². The van der Waals surface area contributed by atoms with Gasteiger partial charge in [0.25, 0.3) is 5.91 Å². The molecule has 142 valence electrons. The Labute approximate surface area is 165 Å². The fraction of sp³-hybridized carbons (Fsp3) is 0.217. The van der Waals surface area contributed by atoms with Crippen LogP contribution in [0.5, 0.6) is 0 Å². The molecule has 3 aromatic rings. The molecule has 1 aromatic heterocycles. The van der Waals surface area contributed by atoms with Gasteiger partial charge in [0, 0.05) is 25.2 Å². The standard InChI is InChI=1S/C23H24N4O/c1-2-12-26-13-14-27-20(16-26)25-21(22(27)23(24)28)19-10-8-18(9-11-19)15-17-6-4-3-5-7-17/h2-11H,1,12-16H2,(H2,24,28). The Bertz CT molecular complexity index is 989. The van der Waals surface area contributed by atoms with Crippen LogP contribution in [0.2, 0.25) is 0 Å². The van der Waals surface area contributed by atoms with Crippen LogP contribution in [0.3, 0.4) is 0 Å². The van der Waals surface area contributed by atoms with Crippen molar-refractivity contribution in [1.82, 2.24) is 14.5 Å². The number of amides is 1. The second-order valence-electron chi connectivity index (χ2n) is 7.12. The largest absolute Gasteiger partial charge is 0.364 e. The number of carbonyl (C=O) groups is 1. The van der Waals surface area contributed by atoms with Crippen molar-refractivity contribution < 1.29 is 4.79 Å². The number of rotatable bonds is 6. The van der Waals surface area contributed by atoms with E-state index in [0.29, 0.717) is 24.5 Å². The molecule has 5 heteroatoms. The molecule has 0 radical (unpaired) electrons. The summed E-state index contributed by atoms with van der Waals surface area (Å²) in [6.07, 6.45) is 2.76. The van der Waals surface area contributed by atoms with Crippen molar-refractivity contribution in [2.45, 2.75) is 19.5 Å². The van der Waals surface area contributed by atoms with Crippen molar-refractivity contribution in [2.24, 2.45) is 5.73 Å². The van der Waals surface area contributed by atoms with Crippen LogP contribution in [0.15, 0.2) is 67.3 Å². The zero-order valence-electron chi connectivity index (χ0n) is 15.8. The molecule has 0 unspecified atom stereocenters. The van der Waals surface area contributed by atoms with E-state index in [-0.39, 0.29) is 0 Å². The molecule has 5 nitrogen and oxygen atoms in total. The first-order valence-electron chi connectivity index (χ1n) is 9.51. The molecule has 28 heavy (non-hydrogen) atoms. The van der Waals surface area contributed by atoms with Gasteiger partial charge < -0.3 is 10.3 Å². The first kappa shape index (κ1) is 18.2. The number of nitrogens with two attached hydrogens (primary N) is 1. The van der Waals surface area contributed by atoms with Crippen molar-refractivity contribution in [2.75, 3.05) is 13.1 Å². The van der Waals surface area contributed by atoms with Gasteiger partial charge in [-0.3, -0.25) is 9.69 Å². The molecular formula is C23H24N4O. The maximum atomic E-state index is 12.2. The van der Waals surface area contributed by atoms with Gasteiger partial charge >= 0.3 is 0 Å². The first-order chi connectivity index (χ1) is 13.7. The van der Waals surface area contributed by atoms with Crippen molar-refractivity contribution in [3.8, 4) is 11.3 Å². The number of primary amides is 1. The average Bonchev–Trinajstić information content (AvgIpc) is 3.08. The molecule has 2 N–H and O–H groups in total. The molecule has 1 amide bonds. The fourth-order valence-corrected chi connectivity index (χ4v) is 3.78. The second-order valence-corrected chi connectivity index (χ2v) is 7.12. The number of hydrogen-bond donors (Lipinski definition) is 1. The maximum Gasteiger partial charge on any atom is 0.267 e. The minimum absolute atomic E-state index is 0.431. The third-order valence-corrected chi connectivity index (χ3v) is 5.15. The molecule has 0 bridgehead atoms. The highest BCUT2D eigenvalue weighted by atomic mass is 16.1. The number of benzene rings is 2. The van der Waals surface area contributed by atoms with Crippen LogP contribution in [-0.2, 0) is 19.5 Å². The zero-order chi connectivity index (χ0) is 19.5. The maximum absolute atomic E-state index is 12.2. The van der Waals surface area contributed by atoms with Crippen LogP contribution in [0, 0.1) is 0 Å². The van der Waals surface area contributed by atoms with Gasteiger partial charge in [0.1, 0.15) is 17.2 Å². The van der Waals surface area contributed by atoms with Gasteiger partial charge in [-0.2, -0.15) is 0 Å². The highest BCUT2D eigenvalue weighted by Crippen LogP contribution is 2.27. The SMILES string of the molecule is C=CCN1CCn2c(nc(-c3ccc(Cc4ccccc4)cc3)c2C(N)=O)C1. The molecule has 0 saturated carbocycles. The molecule has 0 spiro atoms. The van der Waals surface area contributed by atoms with Crippen LogP contribution >= 0.6 is 0 Å². The molecule has 1 aliphatic rings. The molecule has 0 saturated heterocycles. The predicted molar refractivity (Wildman–Crippen MR) is 111 cm³/mol. The normalized spacial score (nSPS) is 13.9. The highest BCUT2D eigenvalue weighted by molar-refractivity contribution is 5.97. The molecule has 4 rings (SSSR count). The highest BCUT2D eigenvalue weighted by Gasteiger charge is 2.26. The van der Waals surface area contributed by atoms with Gasteiger partial charge in [0.15, 0.2) is 0 Å². The Hall–Kier alpha value is -3.18. The Morgan fingerprint density at radius 3 is 2.46 bits per heavy atom. The van der Waals surface area contributed by atoms with E-state index >= 15 is 0 Å². The van der Waals surface area contributed by atoms with Gasteiger partial charge in [-0.1, -0.05) is 60.7 Å². The van der Waals surface area contributed by atoms with E-state index in [9.17, 15) is 4.79 Å². The van der Waals surface area contributed by atoms with Crippen LogP contribution < -0.4 is 5.73 Å². The van der Waals surface area contributed by atoms with E-state index in [1.165, 1.54) is 11.1 Å². The Kier molecular flexibility index (Phi) is 5.08. The number of imidazole rings is 1. The van der Waals surface area contributed by atoms with E-state index in [4.69, 9.17) is 10.7 Å². The number of carbonyl (C=O) groups excluding carboxylic acids is 1. The molecule has 1 aliphatic heterocycles. The van der Waals surface area contributed by atoms with E-state index in [2.05, 4.69) is 35.7 Å². The van der Waals surface area contributed by atoms with E-state index in [1.54, 1.807) is 0 Å². The Morgan fingerprint density at radius 2 is 1.79 bits per heavy atom. The van der Waals surface area contributed by atoms with Crippen molar-refractivity contribution >= 4 is 5.91 Å². The molecule has 2 heterocycles. The minimum atomic E-state index is -0.431. The topological polar surface area (TPSA) is 64.2 Å². The van der Waals surface area contributed by atoms with Crippen molar-refractivity contribution in [1.29, 1.82) is 0 Å². The van der Waals surface area contributed by atoms with Gasteiger partial charge in [0.2, 0.25) is 0 Å². The third-order valence-electron chi connectivity index (χ3n) is 5.15. The molecule has 0 aliphatic carbocycles. The summed E-state index contributed by atoms with van der Waals surface area (Å²) in [4.78, 5) is 19.2. The summed E-state index contributed by atoms with van der Waals surface area (Å²) < 4.78 is 1.97. The van der Waals surface area contributed by atoms with E-state index in [0.717, 1.165) is 30.9 Å². The summed E-state index contributed by atoms with van der Waals surface area (Å²) in [7, 11) is 0. The predicted octanol–water partition coefficient (Wildman–Crippen LogP) is 3.24. The third kappa shape index (κ3) is 3.62. The zero-order valence-corrected chi connectivity index (χ0v) is 15.8. The lowest BCUT2D eigenvalue weighted by Crippen LogP contribution is -2.35. The number of fused-ring (bicyclic) bond motifs is 1. The molecular weight excluding hydrogens is 348 g/mol. The lowest BCUT2D eigenvalue weighted by Gasteiger charge is -2.26. The summed E-state index contributed by atoms with van der Waals surface area (Å²) in [5.74, 6) is 0.449. The molecule has 0 fully saturated rings. The van der Waals surface area contributed by atoms with Crippen LogP contribution in [0.4, 0.5) is 0 Å². The number of nitrogens with zero attached hydrogens (tertiary/aromatic N) is 3. The number of hydrogen-bond acceptors (Lipinski definition) is 3. The Morgan fingerprint density at radius 1 is 1.07 bits per heavy atom. The summed E-state index contributed by atoms with van der Waals surface area (Å²) in [5.41, 5.74) is 10.3. The van der Waals surface area contributed by atoms with Crippen molar-refractivity contribution in [3.63, 3.8) is 0 Å². The van der Waals surface area contributed by atoms with Crippen LogP contribution in [0.25, 0.3) is 11.3 Å². The summed E-state index contributed by atoms with van der Waals surface area (Å²) >= 11 is 0. The monoisotopic (exact) mass is 372 g/mol. The summed E-state index contributed by atoms with van der Waals surface area (Å²) in [6, 6.07) is 18.6. The Balaban J connectivity index is 1.63. The lowest BCUT2D eigenvalue weighted by molar-refractivity contribution is 0.0988. The smallest absolute Gasteiger partial charge is 0.267 e. The van der Waals surface area contributed by atoms with E-state index in [1.807, 2.05) is 41.0 Å². The first-order valence-corrected chi connectivity index (χ1v) is 9.51. The quantitative estimate of drug-likeness (QED) is 0.676. The summed E-state index contributed by atoms with van der Waals surface area (Å²) in [6.45, 7) is 6.87. The average molecular weight is 372 g/mol. The van der Waals surface area contributed by atoms with Crippen molar-refractivity contribution in [3.05, 3.63) is 89.9 Å². The second kappa shape index (κ2) is 7.82. The molecule has 2 aromatic carbocycles. The molecule has 0 atom stereocenters. The van der Waals surface area contributed by atoms with Gasteiger partial charge in [-0.05, 0) is 17.5 Å². The van der Waals surface area contributed by atoms with Gasteiger partial charge in [0.05, 0.1) is 6.54 Å². The van der Waals surface area contributed by atoms with Crippen LogP contribution in [0.1, 0.15) is 27.4 Å². The van der Waals surface area contributed by atoms with Gasteiger partial charge in [-0.15, -0.1) is 6.58 Å².